The Balaban J connectivity index is 1.66. The van der Waals surface area contributed by atoms with E-state index in [2.05, 4.69) is 74.4 Å². The SMILES string of the molecule is CC(C)c1ccc(CC2SC(=Nc3ccc(C(C)C)cc3)NC2=O)cc1. The molecule has 0 aliphatic carbocycles. The van der Waals surface area contributed by atoms with Gasteiger partial charge in [-0.25, -0.2) is 4.99 Å². The number of nitrogens with one attached hydrogen (secondary N) is 1. The number of amides is 1. The van der Waals surface area contributed by atoms with Crippen LogP contribution in [0.2, 0.25) is 0 Å². The van der Waals surface area contributed by atoms with Gasteiger partial charge in [-0.1, -0.05) is 75.9 Å². The Morgan fingerprint density at radius 1 is 0.923 bits per heavy atom. The highest BCUT2D eigenvalue weighted by molar-refractivity contribution is 8.15. The molecular formula is C22H26N2OS. The van der Waals surface area contributed by atoms with Crippen molar-refractivity contribution < 1.29 is 4.79 Å². The molecule has 0 bridgehead atoms. The minimum Gasteiger partial charge on any atom is -0.304 e. The van der Waals surface area contributed by atoms with E-state index in [4.69, 9.17) is 0 Å². The molecule has 1 heterocycles. The molecule has 3 rings (SSSR count). The zero-order chi connectivity index (χ0) is 18.7. The van der Waals surface area contributed by atoms with Gasteiger partial charge in [0.05, 0.1) is 10.9 Å². The first-order valence-corrected chi connectivity index (χ1v) is 10.1. The van der Waals surface area contributed by atoms with Crippen molar-refractivity contribution in [1.29, 1.82) is 0 Å². The summed E-state index contributed by atoms with van der Waals surface area (Å²) in [7, 11) is 0. The summed E-state index contributed by atoms with van der Waals surface area (Å²) in [6, 6.07) is 16.8. The maximum Gasteiger partial charge on any atom is 0.239 e. The van der Waals surface area contributed by atoms with E-state index in [1.165, 1.54) is 28.5 Å². The van der Waals surface area contributed by atoms with Gasteiger partial charge >= 0.3 is 0 Å². The third kappa shape index (κ3) is 4.55. The van der Waals surface area contributed by atoms with E-state index in [-0.39, 0.29) is 11.2 Å². The lowest BCUT2D eigenvalue weighted by Crippen LogP contribution is -2.25. The van der Waals surface area contributed by atoms with Crippen LogP contribution in [0, 0.1) is 0 Å². The molecule has 3 nitrogen and oxygen atoms in total. The summed E-state index contributed by atoms with van der Waals surface area (Å²) < 4.78 is 0. The number of hydrogen-bond acceptors (Lipinski definition) is 3. The third-order valence-corrected chi connectivity index (χ3v) is 5.72. The van der Waals surface area contributed by atoms with Crippen LogP contribution in [0.5, 0.6) is 0 Å². The molecule has 26 heavy (non-hydrogen) atoms. The topological polar surface area (TPSA) is 41.5 Å². The summed E-state index contributed by atoms with van der Waals surface area (Å²) in [5.74, 6) is 1.07. The molecule has 1 saturated heterocycles. The Labute approximate surface area is 160 Å². The van der Waals surface area contributed by atoms with Crippen molar-refractivity contribution in [3.8, 4) is 0 Å². The highest BCUT2D eigenvalue weighted by Gasteiger charge is 2.30. The van der Waals surface area contributed by atoms with E-state index in [0.29, 0.717) is 17.0 Å². The molecule has 1 N–H and O–H groups in total. The van der Waals surface area contributed by atoms with E-state index in [1.807, 2.05) is 12.1 Å². The van der Waals surface area contributed by atoms with Crippen LogP contribution in [0.4, 0.5) is 5.69 Å². The number of carbonyl (C=O) groups is 1. The molecule has 0 radical (unpaired) electrons. The van der Waals surface area contributed by atoms with E-state index in [1.54, 1.807) is 0 Å². The Morgan fingerprint density at radius 2 is 1.46 bits per heavy atom. The summed E-state index contributed by atoms with van der Waals surface area (Å²) >= 11 is 1.52. The van der Waals surface area contributed by atoms with Crippen molar-refractivity contribution in [3.05, 3.63) is 65.2 Å². The van der Waals surface area contributed by atoms with Crippen molar-refractivity contribution in [3.63, 3.8) is 0 Å². The van der Waals surface area contributed by atoms with Gasteiger partial charge in [-0.3, -0.25) is 4.79 Å². The van der Waals surface area contributed by atoms with Crippen LogP contribution in [0.1, 0.15) is 56.2 Å². The first kappa shape index (κ1) is 18.7. The highest BCUT2D eigenvalue weighted by Crippen LogP contribution is 2.27. The lowest BCUT2D eigenvalue weighted by atomic mass is 10.0. The van der Waals surface area contributed by atoms with Gasteiger partial charge in [0, 0.05) is 0 Å². The molecule has 2 aromatic carbocycles. The fraction of sp³-hybridized carbons (Fsp3) is 0.364. The fourth-order valence-corrected chi connectivity index (χ4v) is 3.92. The van der Waals surface area contributed by atoms with Gasteiger partial charge in [-0.05, 0) is 47.1 Å². The first-order valence-electron chi connectivity index (χ1n) is 9.17. The van der Waals surface area contributed by atoms with E-state index in [0.717, 1.165) is 12.1 Å². The molecule has 0 aromatic heterocycles. The van der Waals surface area contributed by atoms with Crippen LogP contribution < -0.4 is 5.32 Å². The Morgan fingerprint density at radius 3 is 2.00 bits per heavy atom. The van der Waals surface area contributed by atoms with Crippen molar-refractivity contribution >= 4 is 28.5 Å². The standard InChI is InChI=1S/C22H26N2OS/c1-14(2)17-7-5-16(6-8-17)13-20-21(25)24-22(26-20)23-19-11-9-18(10-12-19)15(3)4/h5-12,14-15,20H,13H2,1-4H3,(H,23,24,25). The lowest BCUT2D eigenvalue weighted by Gasteiger charge is -2.08. The van der Waals surface area contributed by atoms with Crippen molar-refractivity contribution in [2.24, 2.45) is 4.99 Å². The number of thioether (sulfide) groups is 1. The van der Waals surface area contributed by atoms with Crippen molar-refractivity contribution in [2.75, 3.05) is 0 Å². The number of carbonyl (C=O) groups excluding carboxylic acids is 1. The second kappa shape index (κ2) is 8.09. The zero-order valence-corrected chi connectivity index (χ0v) is 16.6. The molecule has 0 spiro atoms. The highest BCUT2D eigenvalue weighted by atomic mass is 32.2. The van der Waals surface area contributed by atoms with E-state index >= 15 is 0 Å². The number of benzene rings is 2. The number of rotatable bonds is 5. The molecule has 2 aromatic rings. The normalized spacial score (nSPS) is 18.8. The van der Waals surface area contributed by atoms with Gasteiger partial charge in [-0.2, -0.15) is 0 Å². The third-order valence-electron chi connectivity index (χ3n) is 4.63. The number of aliphatic imine (C=N–C) groups is 1. The maximum absolute atomic E-state index is 12.3. The molecule has 1 atom stereocenters. The molecule has 1 aliphatic heterocycles. The van der Waals surface area contributed by atoms with Crippen LogP contribution >= 0.6 is 11.8 Å². The van der Waals surface area contributed by atoms with Crippen molar-refractivity contribution in [2.45, 2.75) is 51.2 Å². The van der Waals surface area contributed by atoms with Crippen LogP contribution in [0.25, 0.3) is 0 Å². The largest absolute Gasteiger partial charge is 0.304 e. The number of amidine groups is 1. The van der Waals surface area contributed by atoms with Gasteiger partial charge in [0.2, 0.25) is 5.91 Å². The Hall–Kier alpha value is -2.07. The molecule has 0 saturated carbocycles. The van der Waals surface area contributed by atoms with Gasteiger partial charge in [0.25, 0.3) is 0 Å². The lowest BCUT2D eigenvalue weighted by molar-refractivity contribution is -0.118. The number of hydrogen-bond donors (Lipinski definition) is 1. The second-order valence-electron chi connectivity index (χ2n) is 7.36. The van der Waals surface area contributed by atoms with Gasteiger partial charge in [0.1, 0.15) is 0 Å². The molecular weight excluding hydrogens is 340 g/mol. The average Bonchev–Trinajstić information content (AvgIpc) is 2.95. The molecule has 1 fully saturated rings. The van der Waals surface area contributed by atoms with Crippen LogP contribution in [-0.4, -0.2) is 16.3 Å². The first-order chi connectivity index (χ1) is 12.4. The Kier molecular flexibility index (Phi) is 5.82. The molecule has 4 heteroatoms. The van der Waals surface area contributed by atoms with Gasteiger partial charge in [-0.15, -0.1) is 0 Å². The van der Waals surface area contributed by atoms with Crippen LogP contribution in [0.3, 0.4) is 0 Å². The summed E-state index contributed by atoms with van der Waals surface area (Å²) in [4.78, 5) is 16.9. The van der Waals surface area contributed by atoms with Crippen LogP contribution in [0.15, 0.2) is 53.5 Å². The van der Waals surface area contributed by atoms with E-state index in [9.17, 15) is 4.79 Å². The summed E-state index contributed by atoms with van der Waals surface area (Å²) in [6.07, 6.45) is 0.722. The van der Waals surface area contributed by atoms with Gasteiger partial charge in [0.15, 0.2) is 5.17 Å². The minimum absolute atomic E-state index is 0.0421. The van der Waals surface area contributed by atoms with Crippen molar-refractivity contribution in [1.82, 2.24) is 5.32 Å². The average molecular weight is 367 g/mol. The Bertz CT molecular complexity index is 792. The summed E-state index contributed by atoms with van der Waals surface area (Å²) in [5, 5.41) is 3.49. The zero-order valence-electron chi connectivity index (χ0n) is 15.8. The summed E-state index contributed by atoms with van der Waals surface area (Å²) in [6.45, 7) is 8.72. The fourth-order valence-electron chi connectivity index (χ4n) is 2.90. The van der Waals surface area contributed by atoms with Crippen LogP contribution in [-0.2, 0) is 11.2 Å². The molecule has 136 valence electrons. The van der Waals surface area contributed by atoms with E-state index < -0.39 is 0 Å². The smallest absolute Gasteiger partial charge is 0.239 e. The second-order valence-corrected chi connectivity index (χ2v) is 8.55. The monoisotopic (exact) mass is 366 g/mol. The minimum atomic E-state index is -0.117. The predicted molar refractivity (Wildman–Crippen MR) is 111 cm³/mol. The number of nitrogens with zero attached hydrogens (tertiary/aromatic N) is 1. The molecule has 1 unspecified atom stereocenters. The maximum atomic E-state index is 12.3. The summed E-state index contributed by atoms with van der Waals surface area (Å²) in [5.41, 5.74) is 4.67. The molecule has 1 amide bonds. The molecule has 1 aliphatic rings. The van der Waals surface area contributed by atoms with Gasteiger partial charge < -0.3 is 5.32 Å². The quantitative estimate of drug-likeness (QED) is 0.770. The predicted octanol–water partition coefficient (Wildman–Crippen LogP) is 5.40.